The minimum atomic E-state index is -1.51. The summed E-state index contributed by atoms with van der Waals surface area (Å²) in [7, 11) is 0. The molecule has 18 heavy (non-hydrogen) atoms. The van der Waals surface area contributed by atoms with Crippen LogP contribution in [0.3, 0.4) is 0 Å². The Kier molecular flexibility index (Phi) is 5.51. The summed E-state index contributed by atoms with van der Waals surface area (Å²) in [6.45, 7) is 2.63. The normalized spacial score (nSPS) is 35.9. The van der Waals surface area contributed by atoms with Crippen LogP contribution in [0.15, 0.2) is 17.4 Å². The lowest BCUT2D eigenvalue weighted by Gasteiger charge is -2.39. The van der Waals surface area contributed by atoms with Crippen molar-refractivity contribution in [3.8, 4) is 0 Å². The third-order valence-electron chi connectivity index (χ3n) is 2.45. The lowest BCUT2D eigenvalue weighted by Crippen LogP contribution is -2.59. The van der Waals surface area contributed by atoms with Gasteiger partial charge in [-0.1, -0.05) is 11.7 Å². The van der Waals surface area contributed by atoms with E-state index in [9.17, 15) is 15.3 Å². The van der Waals surface area contributed by atoms with Crippen molar-refractivity contribution < 1.29 is 29.9 Å². The molecule has 0 aromatic rings. The Labute approximate surface area is 103 Å². The molecule has 0 radical (unpaired) electrons. The first-order chi connectivity index (χ1) is 8.51. The van der Waals surface area contributed by atoms with Gasteiger partial charge >= 0.3 is 0 Å². The summed E-state index contributed by atoms with van der Waals surface area (Å²) in [5, 5.41) is 40.7. The second-order valence-electron chi connectivity index (χ2n) is 3.76. The molecule has 1 fully saturated rings. The molecule has 9 heteroatoms. The van der Waals surface area contributed by atoms with Gasteiger partial charge in [0, 0.05) is 10.6 Å². The molecule has 2 unspecified atom stereocenters. The first-order valence-corrected chi connectivity index (χ1v) is 5.16. The predicted molar refractivity (Wildman–Crippen MR) is 58.0 cm³/mol. The first-order valence-electron chi connectivity index (χ1n) is 5.16. The number of rotatable bonds is 5. The van der Waals surface area contributed by atoms with Gasteiger partial charge < -0.3 is 29.9 Å². The lowest BCUT2D eigenvalue weighted by molar-refractivity contribution is -0.299. The minimum absolute atomic E-state index is 0.0643. The minimum Gasteiger partial charge on any atom is -0.394 e. The Morgan fingerprint density at radius 3 is 2.56 bits per heavy atom. The SMILES string of the molecule is C=C(CO[C@@H]1OC(CO)[C@@H](O)[C@H](O)C1O)N=[N+]=[N-]. The Hall–Kier alpha value is -1.19. The predicted octanol–water partition coefficient (Wildman–Crippen LogP) is -1.37. The second kappa shape index (κ2) is 6.66. The number of ether oxygens (including phenoxy) is 2. The third kappa shape index (κ3) is 3.40. The fraction of sp³-hybridized carbons (Fsp3) is 0.778. The van der Waals surface area contributed by atoms with Crippen LogP contribution in [0.1, 0.15) is 0 Å². The number of aliphatic hydroxyl groups is 4. The lowest BCUT2D eigenvalue weighted by atomic mass is 9.99. The molecule has 0 aliphatic carbocycles. The molecule has 0 amide bonds. The Morgan fingerprint density at radius 2 is 2.00 bits per heavy atom. The number of hydrogen-bond donors (Lipinski definition) is 4. The average molecular weight is 261 g/mol. The third-order valence-corrected chi connectivity index (χ3v) is 2.45. The van der Waals surface area contributed by atoms with Gasteiger partial charge in [-0.25, -0.2) is 0 Å². The van der Waals surface area contributed by atoms with Crippen LogP contribution in [0.25, 0.3) is 10.4 Å². The highest BCUT2D eigenvalue weighted by atomic mass is 16.7. The van der Waals surface area contributed by atoms with Crippen molar-refractivity contribution in [1.29, 1.82) is 0 Å². The van der Waals surface area contributed by atoms with Crippen LogP contribution in [0.5, 0.6) is 0 Å². The van der Waals surface area contributed by atoms with Crippen molar-refractivity contribution in [2.45, 2.75) is 30.7 Å². The largest absolute Gasteiger partial charge is 0.394 e. The van der Waals surface area contributed by atoms with Gasteiger partial charge in [0.05, 0.1) is 13.2 Å². The Morgan fingerprint density at radius 1 is 1.33 bits per heavy atom. The summed E-state index contributed by atoms with van der Waals surface area (Å²) in [5.41, 5.74) is 8.20. The van der Waals surface area contributed by atoms with Crippen LogP contribution < -0.4 is 0 Å². The molecule has 0 aromatic heterocycles. The van der Waals surface area contributed by atoms with Crippen molar-refractivity contribution in [2.24, 2.45) is 5.11 Å². The van der Waals surface area contributed by atoms with E-state index in [1.165, 1.54) is 0 Å². The van der Waals surface area contributed by atoms with Gasteiger partial charge in [-0.3, -0.25) is 0 Å². The summed E-state index contributed by atoms with van der Waals surface area (Å²) in [4.78, 5) is 2.49. The highest BCUT2D eigenvalue weighted by molar-refractivity contribution is 4.93. The van der Waals surface area contributed by atoms with Crippen LogP contribution in [0.4, 0.5) is 0 Å². The van der Waals surface area contributed by atoms with E-state index < -0.39 is 37.3 Å². The maximum Gasteiger partial charge on any atom is 0.187 e. The van der Waals surface area contributed by atoms with E-state index >= 15 is 0 Å². The number of nitrogens with zero attached hydrogens (tertiary/aromatic N) is 3. The zero-order chi connectivity index (χ0) is 13.7. The zero-order valence-corrected chi connectivity index (χ0v) is 9.46. The molecule has 1 aliphatic heterocycles. The molecule has 4 N–H and O–H groups in total. The molecule has 0 spiro atoms. The fourth-order valence-electron chi connectivity index (χ4n) is 1.48. The van der Waals surface area contributed by atoms with Gasteiger partial charge in [-0.2, -0.15) is 0 Å². The van der Waals surface area contributed by atoms with Gasteiger partial charge in [0.15, 0.2) is 6.29 Å². The molecule has 0 aromatic carbocycles. The molecule has 1 heterocycles. The van der Waals surface area contributed by atoms with Crippen molar-refractivity contribution >= 4 is 0 Å². The van der Waals surface area contributed by atoms with Crippen LogP contribution in [0, 0.1) is 0 Å². The highest BCUT2D eigenvalue weighted by Gasteiger charge is 2.43. The molecule has 0 saturated carbocycles. The Bertz CT molecular complexity index is 343. The van der Waals surface area contributed by atoms with E-state index in [1.54, 1.807) is 0 Å². The average Bonchev–Trinajstić information content (AvgIpc) is 2.35. The van der Waals surface area contributed by atoms with E-state index in [-0.39, 0.29) is 12.3 Å². The number of aliphatic hydroxyl groups excluding tert-OH is 4. The quantitative estimate of drug-likeness (QED) is 0.272. The van der Waals surface area contributed by atoms with E-state index in [2.05, 4.69) is 16.6 Å². The molecule has 1 rings (SSSR count). The van der Waals surface area contributed by atoms with Crippen LogP contribution in [-0.4, -0.2) is 64.3 Å². The van der Waals surface area contributed by atoms with Crippen molar-refractivity contribution in [1.82, 2.24) is 0 Å². The molecule has 0 bridgehead atoms. The summed E-state index contributed by atoms with van der Waals surface area (Å²) in [6, 6.07) is 0. The maximum absolute atomic E-state index is 9.59. The number of azide groups is 1. The topological polar surface area (TPSA) is 148 Å². The van der Waals surface area contributed by atoms with Crippen LogP contribution in [0.2, 0.25) is 0 Å². The molecular formula is C9H15N3O6. The van der Waals surface area contributed by atoms with Crippen LogP contribution in [-0.2, 0) is 9.47 Å². The monoisotopic (exact) mass is 261 g/mol. The summed E-state index contributed by atoms with van der Waals surface area (Å²) in [5.74, 6) is 0. The van der Waals surface area contributed by atoms with Gasteiger partial charge in [0.1, 0.15) is 24.4 Å². The molecular weight excluding hydrogens is 246 g/mol. The molecule has 102 valence electrons. The summed E-state index contributed by atoms with van der Waals surface area (Å²) < 4.78 is 10.1. The van der Waals surface area contributed by atoms with E-state index in [4.69, 9.17) is 20.1 Å². The molecule has 1 aliphatic rings. The second-order valence-corrected chi connectivity index (χ2v) is 3.76. The van der Waals surface area contributed by atoms with Gasteiger partial charge in [-0.05, 0) is 5.53 Å². The maximum atomic E-state index is 9.59. The van der Waals surface area contributed by atoms with Crippen molar-refractivity contribution in [2.75, 3.05) is 13.2 Å². The Balaban J connectivity index is 2.59. The molecule has 5 atom stereocenters. The van der Waals surface area contributed by atoms with E-state index in [0.29, 0.717) is 0 Å². The van der Waals surface area contributed by atoms with Gasteiger partial charge in [-0.15, -0.1) is 0 Å². The highest BCUT2D eigenvalue weighted by Crippen LogP contribution is 2.22. The molecule has 1 saturated heterocycles. The zero-order valence-electron chi connectivity index (χ0n) is 9.46. The standard InChI is InChI=1S/C9H15N3O6/c1-4(11-12-10)3-17-9-8(16)7(15)6(14)5(2-13)18-9/h5-9,13-16H,1-3H2/t5?,6-,7+,8?,9-/m1/s1. The number of hydrogen-bond acceptors (Lipinski definition) is 7. The first kappa shape index (κ1) is 14.9. The summed E-state index contributed by atoms with van der Waals surface area (Å²) >= 11 is 0. The summed E-state index contributed by atoms with van der Waals surface area (Å²) in [6.07, 6.45) is -6.73. The van der Waals surface area contributed by atoms with E-state index in [1.807, 2.05) is 0 Å². The molecule has 9 nitrogen and oxygen atoms in total. The van der Waals surface area contributed by atoms with Crippen molar-refractivity contribution in [3.63, 3.8) is 0 Å². The van der Waals surface area contributed by atoms with Gasteiger partial charge in [0.2, 0.25) is 0 Å². The van der Waals surface area contributed by atoms with Crippen LogP contribution >= 0.6 is 0 Å². The van der Waals surface area contributed by atoms with Gasteiger partial charge in [0.25, 0.3) is 0 Å². The van der Waals surface area contributed by atoms with Crippen molar-refractivity contribution in [3.05, 3.63) is 22.7 Å². The smallest absolute Gasteiger partial charge is 0.187 e. The fourth-order valence-corrected chi connectivity index (χ4v) is 1.48. The van der Waals surface area contributed by atoms with E-state index in [0.717, 1.165) is 0 Å².